The highest BCUT2D eigenvalue weighted by atomic mass is 16.6. The van der Waals surface area contributed by atoms with Crippen molar-refractivity contribution >= 4 is 22.9 Å². The highest BCUT2D eigenvalue weighted by molar-refractivity contribution is 5.94. The number of nitrogens with zero attached hydrogens (tertiary/aromatic N) is 7. The normalized spacial score (nSPS) is 11.6. The van der Waals surface area contributed by atoms with Gasteiger partial charge in [0.2, 0.25) is 0 Å². The van der Waals surface area contributed by atoms with Gasteiger partial charge in [-0.15, -0.1) is 5.10 Å². The quantitative estimate of drug-likeness (QED) is 0.262. The fourth-order valence-corrected chi connectivity index (χ4v) is 4.02. The number of hydrogen-bond acceptors (Lipinski definition) is 8. The Morgan fingerprint density at radius 2 is 1.80 bits per heavy atom. The van der Waals surface area contributed by atoms with E-state index in [1.165, 1.54) is 0 Å². The zero-order chi connectivity index (χ0) is 24.5. The molecule has 0 N–H and O–H groups in total. The maximum atomic E-state index is 5.46. The molecule has 0 aliphatic carbocycles. The van der Waals surface area contributed by atoms with Crippen LogP contribution in [0.15, 0.2) is 48.0 Å². The van der Waals surface area contributed by atoms with Crippen molar-refractivity contribution in [2.45, 2.75) is 27.4 Å². The number of oxime groups is 1. The van der Waals surface area contributed by atoms with Crippen molar-refractivity contribution < 1.29 is 14.3 Å². The van der Waals surface area contributed by atoms with Crippen LogP contribution < -0.4 is 9.47 Å². The lowest BCUT2D eigenvalue weighted by molar-refractivity contribution is 0.126. The molecule has 0 saturated heterocycles. The zero-order valence-corrected chi connectivity index (χ0v) is 20.2. The van der Waals surface area contributed by atoms with E-state index in [9.17, 15) is 0 Å². The maximum Gasteiger partial charge on any atom is 0.192 e. The van der Waals surface area contributed by atoms with Crippen LogP contribution in [0.25, 0.3) is 22.5 Å². The first-order valence-corrected chi connectivity index (χ1v) is 11.0. The van der Waals surface area contributed by atoms with Gasteiger partial charge in [0, 0.05) is 17.5 Å². The standard InChI is InChI=1S/C25H25N7O3/c1-15-8-9-26-22(10-15)32-17(3)16(2)23-24(32)27-14-31-25(23)29-21(30-31)13-35-28-12-18-6-7-19(33-4)20(11-18)34-5/h6-12,14H,13H2,1-5H3. The van der Waals surface area contributed by atoms with Crippen molar-refractivity contribution in [1.82, 2.24) is 29.1 Å². The SMILES string of the molecule is COc1ccc(C=NOCc2nc3c4c(C)c(C)n(-c5cc(C)ccn5)c4ncn3n2)cc1OC. The van der Waals surface area contributed by atoms with Gasteiger partial charge in [-0.1, -0.05) is 5.16 Å². The van der Waals surface area contributed by atoms with Crippen LogP contribution in [0.2, 0.25) is 0 Å². The number of fused-ring (bicyclic) bond motifs is 3. The first-order valence-electron chi connectivity index (χ1n) is 11.0. The molecule has 5 rings (SSSR count). The van der Waals surface area contributed by atoms with Crippen molar-refractivity contribution in [2.24, 2.45) is 5.16 Å². The molecule has 5 aromatic rings. The number of benzene rings is 1. The molecule has 0 fully saturated rings. The molecule has 0 amide bonds. The molecule has 1 aromatic carbocycles. The number of pyridine rings is 1. The lowest BCUT2D eigenvalue weighted by Crippen LogP contribution is -2.01. The maximum absolute atomic E-state index is 5.46. The van der Waals surface area contributed by atoms with E-state index < -0.39 is 0 Å². The van der Waals surface area contributed by atoms with E-state index >= 15 is 0 Å². The number of methoxy groups -OCH3 is 2. The van der Waals surface area contributed by atoms with Crippen molar-refractivity contribution in [3.63, 3.8) is 0 Å². The highest BCUT2D eigenvalue weighted by Crippen LogP contribution is 2.29. The minimum atomic E-state index is 0.116. The van der Waals surface area contributed by atoms with Gasteiger partial charge in [0.05, 0.1) is 25.8 Å². The Morgan fingerprint density at radius 3 is 2.57 bits per heavy atom. The van der Waals surface area contributed by atoms with E-state index in [1.54, 1.807) is 37.5 Å². The topological polar surface area (TPSA) is 101 Å². The van der Waals surface area contributed by atoms with E-state index in [1.807, 2.05) is 37.3 Å². The molecule has 0 radical (unpaired) electrons. The fraction of sp³-hybridized carbons (Fsp3) is 0.240. The lowest BCUT2D eigenvalue weighted by atomic mass is 10.2. The molecule has 0 saturated carbocycles. The van der Waals surface area contributed by atoms with Gasteiger partial charge < -0.3 is 14.3 Å². The van der Waals surface area contributed by atoms with Crippen LogP contribution in [0.1, 0.15) is 28.2 Å². The van der Waals surface area contributed by atoms with E-state index in [0.29, 0.717) is 23.0 Å². The lowest BCUT2D eigenvalue weighted by Gasteiger charge is -2.07. The average molecular weight is 472 g/mol. The molecule has 0 aliphatic rings. The van der Waals surface area contributed by atoms with Gasteiger partial charge in [0.1, 0.15) is 12.1 Å². The second-order valence-corrected chi connectivity index (χ2v) is 8.10. The summed E-state index contributed by atoms with van der Waals surface area (Å²) >= 11 is 0. The van der Waals surface area contributed by atoms with Crippen LogP contribution in [0.4, 0.5) is 0 Å². The first kappa shape index (κ1) is 22.3. The molecule has 10 heteroatoms. The molecule has 10 nitrogen and oxygen atoms in total. The van der Waals surface area contributed by atoms with Crippen molar-refractivity contribution in [3.8, 4) is 17.3 Å². The van der Waals surface area contributed by atoms with E-state index in [0.717, 1.165) is 39.2 Å². The van der Waals surface area contributed by atoms with Crippen molar-refractivity contribution in [3.05, 3.63) is 71.1 Å². The summed E-state index contributed by atoms with van der Waals surface area (Å²) in [5.74, 6) is 2.60. The molecular weight excluding hydrogens is 446 g/mol. The third-order valence-corrected chi connectivity index (χ3v) is 5.88. The van der Waals surface area contributed by atoms with Crippen LogP contribution in [0.3, 0.4) is 0 Å². The zero-order valence-electron chi connectivity index (χ0n) is 20.2. The average Bonchev–Trinajstić information content (AvgIpc) is 3.39. The number of rotatable bonds is 7. The second-order valence-electron chi connectivity index (χ2n) is 8.10. The minimum absolute atomic E-state index is 0.116. The largest absolute Gasteiger partial charge is 0.493 e. The van der Waals surface area contributed by atoms with E-state index in [2.05, 4.69) is 38.6 Å². The van der Waals surface area contributed by atoms with Gasteiger partial charge in [0.15, 0.2) is 35.2 Å². The first-order chi connectivity index (χ1) is 17.0. The number of aromatic nitrogens is 6. The van der Waals surface area contributed by atoms with Crippen LogP contribution in [-0.2, 0) is 11.4 Å². The molecule has 35 heavy (non-hydrogen) atoms. The van der Waals surface area contributed by atoms with E-state index in [-0.39, 0.29) is 6.61 Å². The third-order valence-electron chi connectivity index (χ3n) is 5.88. The molecule has 0 aliphatic heterocycles. The fourth-order valence-electron chi connectivity index (χ4n) is 4.02. The Morgan fingerprint density at radius 1 is 0.971 bits per heavy atom. The van der Waals surface area contributed by atoms with Gasteiger partial charge >= 0.3 is 0 Å². The van der Waals surface area contributed by atoms with Gasteiger partial charge in [-0.05, 0) is 62.2 Å². The number of aryl methyl sites for hydroxylation is 2. The summed E-state index contributed by atoms with van der Waals surface area (Å²) in [5, 5.41) is 9.48. The number of ether oxygens (including phenoxy) is 2. The molecule has 178 valence electrons. The summed E-state index contributed by atoms with van der Waals surface area (Å²) in [5.41, 5.74) is 5.58. The highest BCUT2D eigenvalue weighted by Gasteiger charge is 2.19. The molecule has 0 spiro atoms. The van der Waals surface area contributed by atoms with E-state index in [4.69, 9.17) is 19.3 Å². The summed E-state index contributed by atoms with van der Waals surface area (Å²) in [6.07, 6.45) is 5.06. The Hall–Kier alpha value is -4.47. The van der Waals surface area contributed by atoms with Crippen LogP contribution in [0.5, 0.6) is 11.5 Å². The Labute approximate surface area is 201 Å². The smallest absolute Gasteiger partial charge is 0.192 e. The predicted molar refractivity (Wildman–Crippen MR) is 132 cm³/mol. The summed E-state index contributed by atoms with van der Waals surface area (Å²) in [7, 11) is 3.18. The van der Waals surface area contributed by atoms with Gasteiger partial charge in [0.25, 0.3) is 0 Å². The van der Waals surface area contributed by atoms with Crippen molar-refractivity contribution in [2.75, 3.05) is 14.2 Å². The molecule has 0 atom stereocenters. The second kappa shape index (κ2) is 9.05. The predicted octanol–water partition coefficient (Wildman–Crippen LogP) is 3.96. The molecule has 0 unspecified atom stereocenters. The number of hydrogen-bond donors (Lipinski definition) is 0. The summed E-state index contributed by atoms with van der Waals surface area (Å²) < 4.78 is 14.3. The summed E-state index contributed by atoms with van der Waals surface area (Å²) in [4.78, 5) is 19.4. The van der Waals surface area contributed by atoms with Gasteiger partial charge in [-0.2, -0.15) is 0 Å². The minimum Gasteiger partial charge on any atom is -0.493 e. The van der Waals surface area contributed by atoms with Crippen LogP contribution >= 0.6 is 0 Å². The van der Waals surface area contributed by atoms with Crippen LogP contribution in [0, 0.1) is 20.8 Å². The van der Waals surface area contributed by atoms with Crippen LogP contribution in [-0.4, -0.2) is 49.6 Å². The summed E-state index contributed by atoms with van der Waals surface area (Å²) in [6.45, 7) is 6.28. The Bertz CT molecular complexity index is 1570. The molecule has 4 aromatic heterocycles. The van der Waals surface area contributed by atoms with Gasteiger partial charge in [-0.25, -0.2) is 19.5 Å². The monoisotopic (exact) mass is 471 g/mol. The molecule has 0 bridgehead atoms. The van der Waals surface area contributed by atoms with Gasteiger partial charge in [-0.3, -0.25) is 4.57 Å². The van der Waals surface area contributed by atoms with Crippen molar-refractivity contribution in [1.29, 1.82) is 0 Å². The molecule has 4 heterocycles. The molecular formula is C25H25N7O3. The summed E-state index contributed by atoms with van der Waals surface area (Å²) in [6, 6.07) is 9.50. The third kappa shape index (κ3) is 4.03. The Balaban J connectivity index is 1.42. The Kier molecular flexibility index (Phi) is 5.77.